The van der Waals surface area contributed by atoms with E-state index in [9.17, 15) is 0 Å². The largest absolute Gasteiger partial charge is 0.307 e. The number of nitrogens with one attached hydrogen (secondary N) is 1. The Morgan fingerprint density at radius 2 is 2.67 bits per heavy atom. The van der Waals surface area contributed by atoms with Gasteiger partial charge in [-0.15, -0.1) is 0 Å². The van der Waals surface area contributed by atoms with E-state index < -0.39 is 0 Å². The molecule has 1 heterocycles. The minimum atomic E-state index is 0.865. The van der Waals surface area contributed by atoms with Crippen LogP contribution in [0.5, 0.6) is 0 Å². The van der Waals surface area contributed by atoms with Gasteiger partial charge in [0.15, 0.2) is 0 Å². The molecule has 0 fully saturated rings. The Morgan fingerprint density at radius 3 is 2.83 bits per heavy atom. The second-order valence-electron chi connectivity index (χ2n) is 1.06. The molecule has 1 aliphatic rings. The summed E-state index contributed by atoms with van der Waals surface area (Å²) in [6, 6.07) is 0. The lowest BCUT2D eigenvalue weighted by atomic mass is 10.6. The quantitative estimate of drug-likeness (QED) is 0.407. The summed E-state index contributed by atoms with van der Waals surface area (Å²) in [7, 11) is 0. The molecular weight excluding hydrogens is 78.1 g/mol. The van der Waals surface area contributed by atoms with Crippen LogP contribution in [0.2, 0.25) is 0 Å². The third kappa shape index (κ3) is 0.607. The van der Waals surface area contributed by atoms with Gasteiger partial charge in [0.25, 0.3) is 0 Å². The molecule has 0 spiro atoms. The molecule has 0 aromatic rings. The molecule has 0 unspecified atom stereocenters. The smallest absolute Gasteiger partial charge is 0.130 e. The average Bonchev–Trinajstić information content (AvgIpc) is 1.72. The lowest BCUT2D eigenvalue weighted by molar-refractivity contribution is 0.672. The van der Waals surface area contributed by atoms with E-state index in [0.29, 0.717) is 0 Å². The van der Waals surface area contributed by atoms with E-state index in [4.69, 9.17) is 0 Å². The fourth-order valence-corrected chi connectivity index (χ4v) is 0.318. The molecular formula is C3H6N3. The highest BCUT2D eigenvalue weighted by molar-refractivity contribution is 5.53. The molecule has 0 amide bonds. The maximum Gasteiger partial charge on any atom is 0.130 e. The molecule has 3 nitrogen and oxygen atoms in total. The molecule has 0 bridgehead atoms. The van der Waals surface area contributed by atoms with E-state index >= 15 is 0 Å². The lowest BCUT2D eigenvalue weighted by Crippen LogP contribution is -2.24. The number of hydrogen-bond acceptors (Lipinski definition) is 2. The Morgan fingerprint density at radius 1 is 1.67 bits per heavy atom. The monoisotopic (exact) mass is 84.1 g/mol. The van der Waals surface area contributed by atoms with Gasteiger partial charge in [0.05, 0.1) is 13.1 Å². The van der Waals surface area contributed by atoms with Crippen LogP contribution in [0, 0.1) is 0 Å². The van der Waals surface area contributed by atoms with Crippen LogP contribution in [-0.4, -0.2) is 19.4 Å². The lowest BCUT2D eigenvalue weighted by Gasteiger charge is -2.01. The van der Waals surface area contributed by atoms with Crippen LogP contribution in [0.25, 0.3) is 0 Å². The third-order valence-corrected chi connectivity index (χ3v) is 0.583. The summed E-state index contributed by atoms with van der Waals surface area (Å²) < 4.78 is 0. The van der Waals surface area contributed by atoms with Crippen LogP contribution in [0.1, 0.15) is 0 Å². The molecule has 0 atom stereocenters. The molecule has 0 aromatic heterocycles. The van der Waals surface area contributed by atoms with Crippen LogP contribution in [0.3, 0.4) is 0 Å². The van der Waals surface area contributed by atoms with Crippen LogP contribution in [-0.2, 0) is 0 Å². The summed E-state index contributed by atoms with van der Waals surface area (Å²) >= 11 is 0. The molecule has 0 saturated carbocycles. The van der Waals surface area contributed by atoms with Gasteiger partial charge in [-0.1, -0.05) is 0 Å². The average molecular weight is 84.1 g/mol. The van der Waals surface area contributed by atoms with Crippen molar-refractivity contribution in [3.05, 3.63) is 0 Å². The highest BCUT2D eigenvalue weighted by atomic mass is 15.3. The van der Waals surface area contributed by atoms with Gasteiger partial charge in [0.1, 0.15) is 6.34 Å². The van der Waals surface area contributed by atoms with Crippen molar-refractivity contribution in [1.82, 2.24) is 10.7 Å². The van der Waals surface area contributed by atoms with Crippen molar-refractivity contribution < 1.29 is 0 Å². The van der Waals surface area contributed by atoms with E-state index in [1.807, 2.05) is 0 Å². The highest BCUT2D eigenvalue weighted by Crippen LogP contribution is 1.64. The predicted molar refractivity (Wildman–Crippen MR) is 23.5 cm³/mol. The first-order valence-corrected chi connectivity index (χ1v) is 1.91. The van der Waals surface area contributed by atoms with Crippen LogP contribution in [0.15, 0.2) is 5.10 Å². The summed E-state index contributed by atoms with van der Waals surface area (Å²) in [5, 5.41) is 7.46. The predicted octanol–water partition coefficient (Wildman–Crippen LogP) is -0.863. The molecule has 0 aliphatic carbocycles. The normalized spacial score (nSPS) is 18.7. The first-order valence-electron chi connectivity index (χ1n) is 1.91. The van der Waals surface area contributed by atoms with Gasteiger partial charge in [-0.05, 0) is 0 Å². The van der Waals surface area contributed by atoms with Crippen molar-refractivity contribution in [1.29, 1.82) is 0 Å². The Balaban J connectivity index is 2.26. The van der Waals surface area contributed by atoms with Crippen molar-refractivity contribution in [2.45, 2.75) is 0 Å². The third-order valence-electron chi connectivity index (χ3n) is 0.583. The van der Waals surface area contributed by atoms with E-state index in [1.54, 1.807) is 0 Å². The zero-order valence-electron chi connectivity index (χ0n) is 3.39. The second kappa shape index (κ2) is 1.64. The molecule has 1 N–H and O–H groups in total. The van der Waals surface area contributed by atoms with Gasteiger partial charge in [-0.2, -0.15) is 5.10 Å². The highest BCUT2D eigenvalue weighted by Gasteiger charge is 1.85. The van der Waals surface area contributed by atoms with Crippen molar-refractivity contribution in [2.75, 3.05) is 13.1 Å². The summed E-state index contributed by atoms with van der Waals surface area (Å²) in [6.45, 7) is 1.75. The fourth-order valence-electron chi connectivity index (χ4n) is 0.318. The summed E-state index contributed by atoms with van der Waals surface area (Å²) in [6.07, 6.45) is 1.53. The Hall–Kier alpha value is -0.730. The van der Waals surface area contributed by atoms with E-state index in [2.05, 4.69) is 15.8 Å². The van der Waals surface area contributed by atoms with Gasteiger partial charge < -0.3 is 5.43 Å². The number of hydrogen-bond donors (Lipinski definition) is 1. The summed E-state index contributed by atoms with van der Waals surface area (Å²) in [4.78, 5) is 0. The fraction of sp³-hybridized carbons (Fsp3) is 0.667. The number of nitrogens with zero attached hydrogens (tertiary/aromatic N) is 2. The zero-order valence-corrected chi connectivity index (χ0v) is 3.39. The minimum absolute atomic E-state index is 0.865. The first-order chi connectivity index (χ1) is 3.00. The zero-order chi connectivity index (χ0) is 4.24. The van der Waals surface area contributed by atoms with Crippen molar-refractivity contribution in [3.63, 3.8) is 0 Å². The molecule has 6 heavy (non-hydrogen) atoms. The summed E-state index contributed by atoms with van der Waals surface area (Å²) in [5.74, 6) is 0. The van der Waals surface area contributed by atoms with Crippen LogP contribution in [0.4, 0.5) is 0 Å². The standard InChI is InChI=1S/C3H6N3/c1-2-5-6-3-4-1/h3,5H,1-2H2. The molecule has 0 aromatic carbocycles. The van der Waals surface area contributed by atoms with Gasteiger partial charge >= 0.3 is 0 Å². The van der Waals surface area contributed by atoms with Gasteiger partial charge in [0.2, 0.25) is 0 Å². The molecule has 1 rings (SSSR count). The van der Waals surface area contributed by atoms with Crippen molar-refractivity contribution in [3.8, 4) is 0 Å². The first kappa shape index (κ1) is 3.46. The maximum absolute atomic E-state index is 3.82. The van der Waals surface area contributed by atoms with Gasteiger partial charge in [0, 0.05) is 0 Å². The van der Waals surface area contributed by atoms with Gasteiger partial charge in [-0.25, -0.2) is 0 Å². The second-order valence-corrected chi connectivity index (χ2v) is 1.06. The Kier molecular flexibility index (Phi) is 0.948. The minimum Gasteiger partial charge on any atom is -0.307 e. The van der Waals surface area contributed by atoms with E-state index in [0.717, 1.165) is 13.1 Å². The maximum atomic E-state index is 3.82. The molecule has 33 valence electrons. The Labute approximate surface area is 36.4 Å². The van der Waals surface area contributed by atoms with Crippen LogP contribution < -0.4 is 10.7 Å². The molecule has 1 aliphatic heterocycles. The molecule has 3 heteroatoms. The SMILES string of the molecule is C1=NNCC[N]1. The Bertz CT molecular complexity index is 51.1. The van der Waals surface area contributed by atoms with Crippen molar-refractivity contribution in [2.24, 2.45) is 5.10 Å². The summed E-state index contributed by atoms with van der Waals surface area (Å²) in [5.41, 5.74) is 2.76. The van der Waals surface area contributed by atoms with E-state index in [1.165, 1.54) is 6.34 Å². The topological polar surface area (TPSA) is 38.5 Å². The van der Waals surface area contributed by atoms with Crippen LogP contribution >= 0.6 is 0 Å². The molecule has 0 saturated heterocycles. The van der Waals surface area contributed by atoms with Crippen molar-refractivity contribution >= 4 is 6.34 Å². The number of hydrazone groups is 1. The molecule has 1 radical (unpaired) electrons. The van der Waals surface area contributed by atoms with Gasteiger partial charge in [-0.3, -0.25) is 5.32 Å². The number of rotatable bonds is 0. The van der Waals surface area contributed by atoms with E-state index in [-0.39, 0.29) is 0 Å².